The van der Waals surface area contributed by atoms with Crippen molar-refractivity contribution in [3.8, 4) is 6.07 Å². The fourth-order valence-corrected chi connectivity index (χ4v) is 0.660. The van der Waals surface area contributed by atoms with E-state index in [-0.39, 0.29) is 11.4 Å². The Kier molecular flexibility index (Phi) is 4.40. The summed E-state index contributed by atoms with van der Waals surface area (Å²) < 4.78 is 0. The van der Waals surface area contributed by atoms with E-state index in [1.165, 1.54) is 13.0 Å². The molecule has 62 valence electrons. The van der Waals surface area contributed by atoms with Crippen molar-refractivity contribution >= 4 is 5.78 Å². The van der Waals surface area contributed by atoms with Crippen LogP contribution in [0.5, 0.6) is 0 Å². The van der Waals surface area contributed by atoms with Gasteiger partial charge in [-0.2, -0.15) is 5.26 Å². The summed E-state index contributed by atoms with van der Waals surface area (Å²) in [6.07, 6.45) is 5.01. The molecular weight excluding hydrogens is 150 g/mol. The zero-order chi connectivity index (χ0) is 9.56. The number of allylic oxidation sites excluding steroid dienone is 5. The molecule has 0 atom stereocenters. The average Bonchev–Trinajstić information content (AvgIpc) is 2.00. The maximum absolute atomic E-state index is 10.8. The average molecular weight is 161 g/mol. The summed E-state index contributed by atoms with van der Waals surface area (Å²) in [6, 6.07) is 1.81. The number of nitrogens with zero attached hydrogens (tertiary/aromatic N) is 1. The maximum atomic E-state index is 10.8. The van der Waals surface area contributed by atoms with Gasteiger partial charge in [-0.1, -0.05) is 18.7 Å². The van der Waals surface area contributed by atoms with Crippen LogP contribution in [-0.4, -0.2) is 5.78 Å². The van der Waals surface area contributed by atoms with Gasteiger partial charge in [-0.3, -0.25) is 4.79 Å². The summed E-state index contributed by atoms with van der Waals surface area (Å²) in [5, 5.41) is 8.51. The second-order valence-electron chi connectivity index (χ2n) is 2.30. The van der Waals surface area contributed by atoms with E-state index in [0.29, 0.717) is 5.57 Å². The van der Waals surface area contributed by atoms with Gasteiger partial charge in [0.25, 0.3) is 0 Å². The second kappa shape index (κ2) is 5.09. The van der Waals surface area contributed by atoms with Gasteiger partial charge in [-0.25, -0.2) is 0 Å². The van der Waals surface area contributed by atoms with Crippen LogP contribution in [0.2, 0.25) is 0 Å². The van der Waals surface area contributed by atoms with Gasteiger partial charge in [0.2, 0.25) is 0 Å². The molecule has 0 bridgehead atoms. The maximum Gasteiger partial charge on any atom is 0.170 e. The number of hydrogen-bond donors (Lipinski definition) is 0. The van der Waals surface area contributed by atoms with Crippen molar-refractivity contribution in [3.63, 3.8) is 0 Å². The molecule has 0 aromatic heterocycles. The monoisotopic (exact) mass is 161 g/mol. The normalized spacial score (nSPS) is 11.2. The van der Waals surface area contributed by atoms with E-state index in [1.54, 1.807) is 12.2 Å². The molecule has 0 amide bonds. The van der Waals surface area contributed by atoms with E-state index >= 15 is 0 Å². The lowest BCUT2D eigenvalue weighted by atomic mass is 10.1. The summed E-state index contributed by atoms with van der Waals surface area (Å²) in [7, 11) is 0. The predicted molar refractivity (Wildman–Crippen MR) is 48.3 cm³/mol. The highest BCUT2D eigenvalue weighted by atomic mass is 16.1. The van der Waals surface area contributed by atoms with Crippen LogP contribution in [0.4, 0.5) is 0 Å². The van der Waals surface area contributed by atoms with E-state index in [0.717, 1.165) is 0 Å². The Hall–Kier alpha value is -1.62. The fraction of sp³-hybridized carbons (Fsp3) is 0.200. The molecule has 0 radical (unpaired) electrons. The molecule has 0 aliphatic heterocycles. The summed E-state index contributed by atoms with van der Waals surface area (Å²) >= 11 is 0. The van der Waals surface area contributed by atoms with Gasteiger partial charge in [0.15, 0.2) is 5.78 Å². The van der Waals surface area contributed by atoms with Crippen molar-refractivity contribution in [2.45, 2.75) is 13.8 Å². The smallest absolute Gasteiger partial charge is 0.170 e. The second-order valence-corrected chi connectivity index (χ2v) is 2.30. The van der Waals surface area contributed by atoms with Crippen LogP contribution in [0.15, 0.2) is 36.0 Å². The minimum absolute atomic E-state index is 0.137. The summed E-state index contributed by atoms with van der Waals surface area (Å²) in [4.78, 5) is 10.8. The first kappa shape index (κ1) is 10.4. The van der Waals surface area contributed by atoms with Gasteiger partial charge in [-0.05, 0) is 25.5 Å². The topological polar surface area (TPSA) is 40.9 Å². The van der Waals surface area contributed by atoms with Gasteiger partial charge >= 0.3 is 0 Å². The molecule has 2 heteroatoms. The van der Waals surface area contributed by atoms with Crippen LogP contribution in [0.3, 0.4) is 0 Å². The van der Waals surface area contributed by atoms with E-state index in [9.17, 15) is 4.79 Å². The number of carbonyl (C=O) groups is 1. The molecule has 0 aliphatic rings. The van der Waals surface area contributed by atoms with Crippen molar-refractivity contribution in [1.29, 1.82) is 5.26 Å². The summed E-state index contributed by atoms with van der Waals surface area (Å²) in [6.45, 7) is 6.85. The molecule has 2 nitrogen and oxygen atoms in total. The third-order valence-electron chi connectivity index (χ3n) is 1.21. The summed E-state index contributed by atoms with van der Waals surface area (Å²) in [5.41, 5.74) is 0.794. The van der Waals surface area contributed by atoms with Crippen LogP contribution in [0.25, 0.3) is 0 Å². The van der Waals surface area contributed by atoms with Crippen molar-refractivity contribution in [2.24, 2.45) is 0 Å². The lowest BCUT2D eigenvalue weighted by Crippen LogP contribution is -1.93. The van der Waals surface area contributed by atoms with E-state index in [2.05, 4.69) is 6.58 Å². The Morgan fingerprint density at radius 3 is 2.50 bits per heavy atom. The molecule has 0 fully saturated rings. The number of ketones is 1. The Labute approximate surface area is 72.5 Å². The first-order valence-corrected chi connectivity index (χ1v) is 3.56. The predicted octanol–water partition coefficient (Wildman–Crippen LogP) is 2.16. The van der Waals surface area contributed by atoms with Crippen LogP contribution >= 0.6 is 0 Å². The minimum atomic E-state index is -0.233. The number of Topliss-reactive ketones (excluding diaryl/α,β-unsaturated/α-hetero) is 1. The summed E-state index contributed by atoms with van der Waals surface area (Å²) in [5.74, 6) is -0.233. The number of hydrogen-bond acceptors (Lipinski definition) is 2. The molecule has 0 heterocycles. The largest absolute Gasteiger partial charge is 0.294 e. The first-order valence-electron chi connectivity index (χ1n) is 3.56. The van der Waals surface area contributed by atoms with Crippen molar-refractivity contribution in [3.05, 3.63) is 36.0 Å². The molecule has 0 aromatic rings. The molecule has 0 saturated heterocycles. The van der Waals surface area contributed by atoms with Gasteiger partial charge < -0.3 is 0 Å². The molecule has 0 aliphatic carbocycles. The molecule has 12 heavy (non-hydrogen) atoms. The minimum Gasteiger partial charge on any atom is -0.294 e. The Morgan fingerprint density at radius 1 is 1.58 bits per heavy atom. The molecule has 0 saturated carbocycles. The third-order valence-corrected chi connectivity index (χ3v) is 1.21. The highest BCUT2D eigenvalue weighted by Gasteiger charge is 2.00. The standard InChI is InChI=1S/C10H11NO/c1-4-5-8(2)6-10(7-11)9(3)12/h4-6H,2H2,1,3H3/b5-4-,10-6+. The number of carbonyl (C=O) groups excluding carboxylic acids is 1. The van der Waals surface area contributed by atoms with Crippen LogP contribution in [-0.2, 0) is 4.79 Å². The van der Waals surface area contributed by atoms with Gasteiger partial charge in [0.05, 0.1) is 5.57 Å². The van der Waals surface area contributed by atoms with E-state index < -0.39 is 0 Å². The number of nitriles is 1. The van der Waals surface area contributed by atoms with Crippen molar-refractivity contribution in [1.82, 2.24) is 0 Å². The fourth-order valence-electron chi connectivity index (χ4n) is 0.660. The number of rotatable bonds is 3. The Balaban J connectivity index is 4.64. The van der Waals surface area contributed by atoms with Crippen LogP contribution in [0.1, 0.15) is 13.8 Å². The highest BCUT2D eigenvalue weighted by Crippen LogP contribution is 2.02. The SMILES string of the molecule is C=C(/C=C\C)/C=C(\C#N)C(C)=O. The van der Waals surface area contributed by atoms with E-state index in [4.69, 9.17) is 5.26 Å². The van der Waals surface area contributed by atoms with E-state index in [1.807, 2.05) is 13.0 Å². The first-order chi connectivity index (χ1) is 5.61. The third kappa shape index (κ3) is 3.52. The van der Waals surface area contributed by atoms with Gasteiger partial charge in [-0.15, -0.1) is 0 Å². The Bertz CT molecular complexity index is 289. The van der Waals surface area contributed by atoms with Crippen LogP contribution < -0.4 is 0 Å². The lowest BCUT2D eigenvalue weighted by Gasteiger charge is -1.90. The Morgan fingerprint density at radius 2 is 2.17 bits per heavy atom. The van der Waals surface area contributed by atoms with Crippen molar-refractivity contribution in [2.75, 3.05) is 0 Å². The molecule has 0 aromatic carbocycles. The molecule has 0 N–H and O–H groups in total. The van der Waals surface area contributed by atoms with Crippen molar-refractivity contribution < 1.29 is 4.79 Å². The highest BCUT2D eigenvalue weighted by molar-refractivity contribution is 5.97. The lowest BCUT2D eigenvalue weighted by molar-refractivity contribution is -0.113. The molecule has 0 rings (SSSR count). The molecular formula is C10H11NO. The zero-order valence-corrected chi connectivity index (χ0v) is 7.29. The zero-order valence-electron chi connectivity index (χ0n) is 7.29. The molecule has 0 unspecified atom stereocenters. The van der Waals surface area contributed by atoms with Gasteiger partial charge in [0, 0.05) is 0 Å². The van der Waals surface area contributed by atoms with Gasteiger partial charge in [0.1, 0.15) is 6.07 Å². The quantitative estimate of drug-likeness (QED) is 0.361. The van der Waals surface area contributed by atoms with Crippen LogP contribution in [0, 0.1) is 11.3 Å². The molecule has 0 spiro atoms.